The number of anilines is 1. The SMILES string of the molecule is O=S1(=O)c2ccccc2-c2ccccc2N1S. The van der Waals surface area contributed by atoms with Crippen molar-refractivity contribution in [2.75, 3.05) is 3.71 Å². The van der Waals surface area contributed by atoms with Crippen LogP contribution in [0.4, 0.5) is 5.69 Å². The number of thiol groups is 1. The molecule has 0 fully saturated rings. The summed E-state index contributed by atoms with van der Waals surface area (Å²) in [4.78, 5) is 0.300. The van der Waals surface area contributed by atoms with Gasteiger partial charge in [0.25, 0.3) is 10.0 Å². The lowest BCUT2D eigenvalue weighted by molar-refractivity contribution is 0.598. The maximum atomic E-state index is 12.2. The van der Waals surface area contributed by atoms with E-state index in [1.807, 2.05) is 24.3 Å². The molecular weight excluding hydrogens is 254 g/mol. The van der Waals surface area contributed by atoms with E-state index >= 15 is 0 Å². The molecule has 3 rings (SSSR count). The van der Waals surface area contributed by atoms with Gasteiger partial charge in [0, 0.05) is 11.1 Å². The maximum absolute atomic E-state index is 12.2. The highest BCUT2D eigenvalue weighted by Crippen LogP contribution is 2.43. The molecule has 0 aromatic heterocycles. The van der Waals surface area contributed by atoms with Crippen LogP contribution in [0.25, 0.3) is 11.1 Å². The molecule has 3 nitrogen and oxygen atoms in total. The largest absolute Gasteiger partial charge is 0.274 e. The fraction of sp³-hybridized carbons (Fsp3) is 0. The first-order valence-corrected chi connectivity index (χ1v) is 6.89. The van der Waals surface area contributed by atoms with E-state index < -0.39 is 10.0 Å². The van der Waals surface area contributed by atoms with E-state index in [9.17, 15) is 8.42 Å². The number of nitrogens with zero attached hydrogens (tertiary/aromatic N) is 1. The minimum atomic E-state index is -3.54. The van der Waals surface area contributed by atoms with Crippen LogP contribution in [-0.2, 0) is 10.0 Å². The minimum Gasteiger partial charge on any atom is -0.210 e. The first kappa shape index (κ1) is 10.7. The van der Waals surface area contributed by atoms with Gasteiger partial charge in [-0.2, -0.15) is 0 Å². The third kappa shape index (κ3) is 1.39. The molecule has 1 aliphatic rings. The molecule has 2 aromatic carbocycles. The smallest absolute Gasteiger partial charge is 0.210 e. The van der Waals surface area contributed by atoms with Crippen LogP contribution in [0, 0.1) is 0 Å². The van der Waals surface area contributed by atoms with E-state index in [1.54, 1.807) is 24.3 Å². The highest BCUT2D eigenvalue weighted by molar-refractivity contribution is 8.06. The predicted octanol–water partition coefficient (Wildman–Crippen LogP) is 2.71. The Morgan fingerprint density at radius 3 is 2.24 bits per heavy atom. The second-order valence-electron chi connectivity index (χ2n) is 3.76. The number of hydrogen-bond acceptors (Lipinski definition) is 3. The zero-order valence-corrected chi connectivity index (χ0v) is 10.4. The van der Waals surface area contributed by atoms with Gasteiger partial charge in [0.15, 0.2) is 0 Å². The lowest BCUT2D eigenvalue weighted by Crippen LogP contribution is -2.25. The van der Waals surface area contributed by atoms with Gasteiger partial charge in [-0.1, -0.05) is 49.2 Å². The highest BCUT2D eigenvalue weighted by Gasteiger charge is 2.32. The van der Waals surface area contributed by atoms with Crippen molar-refractivity contribution in [1.29, 1.82) is 0 Å². The molecule has 2 aromatic rings. The Morgan fingerprint density at radius 2 is 1.47 bits per heavy atom. The average molecular weight is 263 g/mol. The average Bonchev–Trinajstić information content (AvgIpc) is 2.37. The van der Waals surface area contributed by atoms with Gasteiger partial charge in [-0.25, -0.2) is 12.1 Å². The Bertz CT molecular complexity index is 695. The third-order valence-electron chi connectivity index (χ3n) is 2.79. The van der Waals surface area contributed by atoms with E-state index in [-0.39, 0.29) is 0 Å². The van der Waals surface area contributed by atoms with Crippen molar-refractivity contribution in [3.63, 3.8) is 0 Å². The molecule has 5 heteroatoms. The van der Waals surface area contributed by atoms with Crippen molar-refractivity contribution in [1.82, 2.24) is 0 Å². The fourth-order valence-corrected chi connectivity index (χ4v) is 3.75. The molecule has 0 amide bonds. The van der Waals surface area contributed by atoms with Crippen LogP contribution in [-0.4, -0.2) is 8.42 Å². The van der Waals surface area contributed by atoms with Gasteiger partial charge in [0.2, 0.25) is 0 Å². The molecule has 0 unspecified atom stereocenters. The maximum Gasteiger partial charge on any atom is 0.274 e. The Labute approximate surface area is 105 Å². The molecule has 86 valence electrons. The number of para-hydroxylation sites is 1. The van der Waals surface area contributed by atoms with Crippen molar-refractivity contribution in [3.05, 3.63) is 48.5 Å². The summed E-state index contributed by atoms with van der Waals surface area (Å²) >= 11 is 4.09. The zero-order valence-electron chi connectivity index (χ0n) is 8.74. The monoisotopic (exact) mass is 263 g/mol. The standard InChI is InChI=1S/C12H9NO2S2/c14-17(15)12-8-4-2-6-10(12)9-5-1-3-7-11(9)13(17)16/h1-8,16H. The lowest BCUT2D eigenvalue weighted by atomic mass is 10.0. The van der Waals surface area contributed by atoms with E-state index in [0.717, 1.165) is 14.8 Å². The van der Waals surface area contributed by atoms with Gasteiger partial charge in [-0.3, -0.25) is 0 Å². The van der Waals surface area contributed by atoms with Crippen molar-refractivity contribution >= 4 is 28.5 Å². The molecule has 0 saturated carbocycles. The second kappa shape index (κ2) is 3.51. The highest BCUT2D eigenvalue weighted by atomic mass is 32.3. The molecule has 0 saturated heterocycles. The third-order valence-corrected chi connectivity index (χ3v) is 5.22. The summed E-state index contributed by atoms with van der Waals surface area (Å²) in [5, 5.41) is 0. The van der Waals surface area contributed by atoms with Crippen LogP contribution in [0.3, 0.4) is 0 Å². The van der Waals surface area contributed by atoms with E-state index in [1.165, 1.54) is 0 Å². The Morgan fingerprint density at radius 1 is 0.882 bits per heavy atom. The van der Waals surface area contributed by atoms with Crippen molar-refractivity contribution < 1.29 is 8.42 Å². The molecule has 1 heterocycles. The summed E-state index contributed by atoms with van der Waals surface area (Å²) in [5.74, 6) is 0. The van der Waals surface area contributed by atoms with Gasteiger partial charge in [-0.05, 0) is 12.1 Å². The second-order valence-corrected chi connectivity index (χ2v) is 6.19. The molecule has 0 spiro atoms. The molecule has 0 aliphatic carbocycles. The van der Waals surface area contributed by atoms with Crippen LogP contribution in [0.1, 0.15) is 0 Å². The van der Waals surface area contributed by atoms with Gasteiger partial charge < -0.3 is 0 Å². The molecular formula is C12H9NO2S2. The van der Waals surface area contributed by atoms with Gasteiger partial charge >= 0.3 is 0 Å². The zero-order chi connectivity index (χ0) is 12.0. The van der Waals surface area contributed by atoms with Crippen LogP contribution in [0.15, 0.2) is 53.4 Å². The molecule has 0 N–H and O–H groups in total. The summed E-state index contributed by atoms with van der Waals surface area (Å²) in [6.45, 7) is 0. The topological polar surface area (TPSA) is 37.4 Å². The number of hydrogen-bond donors (Lipinski definition) is 1. The number of fused-ring (bicyclic) bond motifs is 3. The molecule has 1 aliphatic heterocycles. The first-order chi connectivity index (χ1) is 8.12. The fourth-order valence-electron chi connectivity index (χ4n) is 2.00. The van der Waals surface area contributed by atoms with Crippen LogP contribution < -0.4 is 3.71 Å². The minimum absolute atomic E-state index is 0.300. The summed E-state index contributed by atoms with van der Waals surface area (Å²) in [7, 11) is -3.54. The van der Waals surface area contributed by atoms with Crippen LogP contribution in [0.2, 0.25) is 0 Å². The lowest BCUT2D eigenvalue weighted by Gasteiger charge is -2.27. The van der Waals surface area contributed by atoms with E-state index in [4.69, 9.17) is 0 Å². The van der Waals surface area contributed by atoms with Gasteiger partial charge in [0.1, 0.15) is 0 Å². The number of rotatable bonds is 0. The van der Waals surface area contributed by atoms with E-state index in [2.05, 4.69) is 12.8 Å². The molecule has 17 heavy (non-hydrogen) atoms. The quantitative estimate of drug-likeness (QED) is 0.742. The van der Waals surface area contributed by atoms with Crippen molar-refractivity contribution in [2.45, 2.75) is 4.90 Å². The Balaban J connectivity index is 2.46. The van der Waals surface area contributed by atoms with E-state index in [0.29, 0.717) is 10.6 Å². The molecule has 0 radical (unpaired) electrons. The Hall–Kier alpha value is -1.46. The van der Waals surface area contributed by atoms with Crippen molar-refractivity contribution in [3.8, 4) is 11.1 Å². The summed E-state index contributed by atoms with van der Waals surface area (Å²) < 4.78 is 25.5. The normalized spacial score (nSPS) is 16.2. The summed E-state index contributed by atoms with van der Waals surface area (Å²) in [5.41, 5.74) is 2.20. The summed E-state index contributed by atoms with van der Waals surface area (Å²) in [6, 6.07) is 14.3. The molecule has 0 bridgehead atoms. The summed E-state index contributed by atoms with van der Waals surface area (Å²) in [6.07, 6.45) is 0. The Kier molecular flexibility index (Phi) is 2.21. The van der Waals surface area contributed by atoms with Gasteiger partial charge in [-0.15, -0.1) is 0 Å². The first-order valence-electron chi connectivity index (χ1n) is 5.05. The molecule has 0 atom stereocenters. The number of sulfonamides is 1. The predicted molar refractivity (Wildman–Crippen MR) is 70.5 cm³/mol. The van der Waals surface area contributed by atoms with Gasteiger partial charge in [0.05, 0.1) is 10.6 Å². The number of benzene rings is 2. The van der Waals surface area contributed by atoms with Crippen molar-refractivity contribution in [2.24, 2.45) is 0 Å². The van der Waals surface area contributed by atoms with Crippen LogP contribution >= 0.6 is 12.8 Å². The van der Waals surface area contributed by atoms with Crippen LogP contribution in [0.5, 0.6) is 0 Å².